The van der Waals surface area contributed by atoms with Crippen LogP contribution in [0.1, 0.15) is 18.3 Å². The average molecular weight is 402 g/mol. The van der Waals surface area contributed by atoms with Crippen LogP contribution in [0.3, 0.4) is 0 Å². The first-order valence-corrected chi connectivity index (χ1v) is 9.08. The van der Waals surface area contributed by atoms with Gasteiger partial charge in [0.1, 0.15) is 5.71 Å². The molecule has 1 amide bonds. The van der Waals surface area contributed by atoms with Crippen molar-refractivity contribution in [3.05, 3.63) is 66.1 Å². The Morgan fingerprint density at radius 1 is 1.13 bits per heavy atom. The number of pyridine rings is 2. The van der Waals surface area contributed by atoms with Crippen LogP contribution >= 0.6 is 0 Å². The third kappa shape index (κ3) is 3.55. The molecule has 0 aliphatic heterocycles. The fraction of sp³-hybridized carbons (Fsp3) is 0.0952. The van der Waals surface area contributed by atoms with Crippen molar-refractivity contribution in [3.63, 3.8) is 0 Å². The number of rotatable bonds is 4. The quantitative estimate of drug-likeness (QED) is 0.268. The van der Waals surface area contributed by atoms with Gasteiger partial charge in [0.05, 0.1) is 28.8 Å². The van der Waals surface area contributed by atoms with Crippen LogP contribution in [0.4, 0.5) is 10.5 Å². The Morgan fingerprint density at radius 3 is 2.67 bits per heavy atom. The third-order valence-corrected chi connectivity index (χ3v) is 4.59. The first-order valence-electron chi connectivity index (χ1n) is 9.08. The predicted octanol–water partition coefficient (Wildman–Crippen LogP) is 4.08. The van der Waals surface area contributed by atoms with Crippen molar-refractivity contribution < 1.29 is 15.1 Å². The molecule has 3 N–H and O–H groups in total. The van der Waals surface area contributed by atoms with Crippen LogP contribution in [0, 0.1) is 6.92 Å². The highest BCUT2D eigenvalue weighted by Gasteiger charge is 2.15. The molecule has 0 saturated carbocycles. The summed E-state index contributed by atoms with van der Waals surface area (Å²) in [6.45, 7) is 3.53. The van der Waals surface area contributed by atoms with E-state index in [1.165, 1.54) is 0 Å². The maximum absolute atomic E-state index is 11.4. The van der Waals surface area contributed by atoms with E-state index in [1.807, 2.05) is 31.2 Å². The Bertz CT molecular complexity index is 1300. The highest BCUT2D eigenvalue weighted by atomic mass is 16.4. The van der Waals surface area contributed by atoms with E-state index in [9.17, 15) is 9.90 Å². The van der Waals surface area contributed by atoms with Crippen LogP contribution in [0.25, 0.3) is 28.0 Å². The summed E-state index contributed by atoms with van der Waals surface area (Å²) < 4.78 is 1.66. The van der Waals surface area contributed by atoms with Gasteiger partial charge in [0.25, 0.3) is 0 Å². The van der Waals surface area contributed by atoms with Crippen LogP contribution in [0.15, 0.2) is 59.9 Å². The van der Waals surface area contributed by atoms with E-state index < -0.39 is 6.09 Å². The summed E-state index contributed by atoms with van der Waals surface area (Å²) in [6, 6.07) is 14.5. The number of carboxylic acid groups (broad SMARTS) is 1. The van der Waals surface area contributed by atoms with Gasteiger partial charge in [-0.15, -0.1) is 0 Å². The largest absolute Gasteiger partial charge is 0.465 e. The maximum atomic E-state index is 11.4. The molecule has 4 rings (SSSR count). The van der Waals surface area contributed by atoms with E-state index in [4.69, 9.17) is 5.21 Å². The summed E-state index contributed by atoms with van der Waals surface area (Å²) in [5.41, 5.74) is 4.05. The molecule has 9 heteroatoms. The Hall–Kier alpha value is -4.27. The number of fused-ring (bicyclic) bond motifs is 1. The zero-order valence-electron chi connectivity index (χ0n) is 16.2. The second-order valence-corrected chi connectivity index (χ2v) is 6.67. The molecule has 0 atom stereocenters. The van der Waals surface area contributed by atoms with E-state index in [2.05, 4.69) is 25.5 Å². The first-order chi connectivity index (χ1) is 14.5. The van der Waals surface area contributed by atoms with Crippen LogP contribution < -0.4 is 5.32 Å². The lowest BCUT2D eigenvalue weighted by molar-refractivity contribution is 0.210. The Morgan fingerprint density at radius 2 is 1.93 bits per heavy atom. The second kappa shape index (κ2) is 7.63. The molecule has 0 aliphatic rings. The molecular formula is C21H18N6O3. The highest BCUT2D eigenvalue weighted by Crippen LogP contribution is 2.31. The standard InChI is InChI=1S/C21H18N6O3/c1-12-5-3-8-20(23-12)27-19-10-14(9-18(25-21(28)29)15(19)11-22-27)17-7-4-6-16(24-17)13(2)26-30/h3-11,25,30H,1-2H3,(H,28,29). The van der Waals surface area contributed by atoms with Crippen molar-refractivity contribution in [1.82, 2.24) is 19.7 Å². The number of benzene rings is 1. The van der Waals surface area contributed by atoms with Gasteiger partial charge < -0.3 is 10.3 Å². The number of amides is 1. The lowest BCUT2D eigenvalue weighted by Crippen LogP contribution is -2.08. The summed E-state index contributed by atoms with van der Waals surface area (Å²) in [5, 5.41) is 29.0. The van der Waals surface area contributed by atoms with Crippen LogP contribution in [0.2, 0.25) is 0 Å². The Balaban J connectivity index is 1.95. The molecule has 0 aliphatic carbocycles. The number of carbonyl (C=O) groups is 1. The van der Waals surface area contributed by atoms with E-state index >= 15 is 0 Å². The highest BCUT2D eigenvalue weighted by molar-refractivity contribution is 6.01. The molecule has 9 nitrogen and oxygen atoms in total. The van der Waals surface area contributed by atoms with Crippen LogP contribution in [-0.2, 0) is 0 Å². The van der Waals surface area contributed by atoms with Crippen molar-refractivity contribution in [3.8, 4) is 17.1 Å². The number of nitrogens with zero attached hydrogens (tertiary/aromatic N) is 5. The molecule has 3 aromatic heterocycles. The molecule has 0 unspecified atom stereocenters. The van der Waals surface area contributed by atoms with Crippen molar-refractivity contribution in [1.29, 1.82) is 0 Å². The van der Waals surface area contributed by atoms with Gasteiger partial charge in [-0.1, -0.05) is 17.3 Å². The number of aromatic nitrogens is 4. The monoisotopic (exact) mass is 402 g/mol. The smallest absolute Gasteiger partial charge is 0.409 e. The van der Waals surface area contributed by atoms with E-state index in [1.54, 1.807) is 42.1 Å². The minimum absolute atomic E-state index is 0.371. The van der Waals surface area contributed by atoms with Gasteiger partial charge in [-0.05, 0) is 50.2 Å². The fourth-order valence-electron chi connectivity index (χ4n) is 3.17. The maximum Gasteiger partial charge on any atom is 0.409 e. The first kappa shape index (κ1) is 19.1. The Labute approximate surface area is 171 Å². The van der Waals surface area contributed by atoms with E-state index in [0.717, 1.165) is 5.69 Å². The minimum atomic E-state index is -1.18. The molecular weight excluding hydrogens is 384 g/mol. The molecule has 0 spiro atoms. The summed E-state index contributed by atoms with van der Waals surface area (Å²) >= 11 is 0. The van der Waals surface area contributed by atoms with Crippen LogP contribution in [-0.4, -0.2) is 41.9 Å². The normalized spacial score (nSPS) is 11.6. The number of aryl methyl sites for hydroxylation is 1. The van der Waals surface area contributed by atoms with Gasteiger partial charge in [0, 0.05) is 16.6 Å². The van der Waals surface area contributed by atoms with Crippen molar-refractivity contribution >= 4 is 28.4 Å². The third-order valence-electron chi connectivity index (χ3n) is 4.59. The fourth-order valence-corrected chi connectivity index (χ4v) is 3.17. The number of hydrogen-bond acceptors (Lipinski definition) is 6. The predicted molar refractivity (Wildman–Crippen MR) is 112 cm³/mol. The van der Waals surface area contributed by atoms with Gasteiger partial charge in [0.2, 0.25) is 0 Å². The number of oxime groups is 1. The lowest BCUT2D eigenvalue weighted by Gasteiger charge is -2.10. The zero-order chi connectivity index (χ0) is 21.3. The second-order valence-electron chi connectivity index (χ2n) is 6.67. The summed E-state index contributed by atoms with van der Waals surface area (Å²) in [6.07, 6.45) is 0.417. The van der Waals surface area contributed by atoms with Crippen molar-refractivity contribution in [2.45, 2.75) is 13.8 Å². The van der Waals surface area contributed by atoms with Crippen molar-refractivity contribution in [2.75, 3.05) is 5.32 Å². The molecule has 3 heterocycles. The molecule has 30 heavy (non-hydrogen) atoms. The SMILES string of the molecule is CC(=NO)c1cccc(-c2cc(NC(=O)O)c3cnn(-c4cccc(C)n4)c3c2)n1. The number of nitrogens with one attached hydrogen (secondary N) is 1. The van der Waals surface area contributed by atoms with Gasteiger partial charge in [-0.2, -0.15) is 5.10 Å². The number of hydrogen-bond donors (Lipinski definition) is 3. The van der Waals surface area contributed by atoms with Gasteiger partial charge in [-0.3, -0.25) is 5.32 Å². The molecule has 0 fully saturated rings. The molecule has 4 aromatic rings. The van der Waals surface area contributed by atoms with Gasteiger partial charge in [-0.25, -0.2) is 19.4 Å². The van der Waals surface area contributed by atoms with Gasteiger partial charge >= 0.3 is 6.09 Å². The minimum Gasteiger partial charge on any atom is -0.465 e. The molecule has 1 aromatic carbocycles. The Kier molecular flexibility index (Phi) is 4.85. The topological polar surface area (TPSA) is 126 Å². The lowest BCUT2D eigenvalue weighted by atomic mass is 10.1. The molecule has 0 radical (unpaired) electrons. The van der Waals surface area contributed by atoms with Gasteiger partial charge in [0.15, 0.2) is 5.82 Å². The van der Waals surface area contributed by atoms with E-state index in [-0.39, 0.29) is 0 Å². The molecule has 0 bridgehead atoms. The van der Waals surface area contributed by atoms with Crippen molar-refractivity contribution in [2.24, 2.45) is 5.16 Å². The van der Waals surface area contributed by atoms with E-state index in [0.29, 0.717) is 45.1 Å². The average Bonchev–Trinajstić information content (AvgIpc) is 3.17. The van der Waals surface area contributed by atoms with Crippen LogP contribution in [0.5, 0.6) is 0 Å². The molecule has 150 valence electrons. The zero-order valence-corrected chi connectivity index (χ0v) is 16.2. The summed E-state index contributed by atoms with van der Waals surface area (Å²) in [7, 11) is 0. The molecule has 0 saturated heterocycles. The summed E-state index contributed by atoms with van der Waals surface area (Å²) in [5.74, 6) is 0.619. The number of anilines is 1. The summed E-state index contributed by atoms with van der Waals surface area (Å²) in [4.78, 5) is 20.4.